The number of hydroxylamine groups is 2. The van der Waals surface area contributed by atoms with Gasteiger partial charge in [-0.3, -0.25) is 9.40 Å². The van der Waals surface area contributed by atoms with Gasteiger partial charge in [0, 0.05) is 18.1 Å². The Bertz CT molecular complexity index is 580. The van der Waals surface area contributed by atoms with E-state index in [1.54, 1.807) is 0 Å². The van der Waals surface area contributed by atoms with E-state index in [2.05, 4.69) is 69.2 Å². The highest BCUT2D eigenvalue weighted by Crippen LogP contribution is 2.61. The summed E-state index contributed by atoms with van der Waals surface area (Å²) in [7, 11) is -3.47. The zero-order valence-corrected chi connectivity index (χ0v) is 23.2. The van der Waals surface area contributed by atoms with Crippen LogP contribution < -0.4 is 0 Å². The minimum absolute atomic E-state index is 0.0874. The van der Waals surface area contributed by atoms with Crippen molar-refractivity contribution in [3.8, 4) is 0 Å². The molecule has 0 aromatic heterocycles. The standard InChI is InChI=1S/C24H50NO5P/c1-13-28-31(26,29-14-2)21(23(7,8)9)25(24(10,11)12)30-18(3)20-17-27-16-19(20)15-22(4,5)6/h18-21H,13-17H2,1-12H3. The van der Waals surface area contributed by atoms with Crippen LogP contribution in [0.3, 0.4) is 0 Å². The molecule has 0 N–H and O–H groups in total. The molecule has 1 aliphatic heterocycles. The monoisotopic (exact) mass is 463 g/mol. The van der Waals surface area contributed by atoms with Gasteiger partial charge in [0.15, 0.2) is 0 Å². The molecule has 1 fully saturated rings. The zero-order chi connectivity index (χ0) is 24.3. The van der Waals surface area contributed by atoms with Crippen LogP contribution in [0.15, 0.2) is 0 Å². The summed E-state index contributed by atoms with van der Waals surface area (Å²) in [5.41, 5.74) is -0.577. The quantitative estimate of drug-likeness (QED) is 0.264. The number of hydrogen-bond acceptors (Lipinski definition) is 6. The second kappa shape index (κ2) is 11.0. The maximum Gasteiger partial charge on any atom is 0.350 e. The summed E-state index contributed by atoms with van der Waals surface area (Å²) in [5, 5.41) is 1.90. The molecule has 1 rings (SSSR count). The highest BCUT2D eigenvalue weighted by molar-refractivity contribution is 7.54. The van der Waals surface area contributed by atoms with Gasteiger partial charge in [0.05, 0.1) is 25.9 Å². The minimum Gasteiger partial charge on any atom is -0.381 e. The van der Waals surface area contributed by atoms with Crippen molar-refractivity contribution in [3.63, 3.8) is 0 Å². The Balaban J connectivity index is 3.30. The molecule has 0 aromatic rings. The molecule has 0 aliphatic carbocycles. The van der Waals surface area contributed by atoms with E-state index in [4.69, 9.17) is 18.6 Å². The van der Waals surface area contributed by atoms with Crippen molar-refractivity contribution in [1.29, 1.82) is 0 Å². The average molecular weight is 464 g/mol. The largest absolute Gasteiger partial charge is 0.381 e. The molecule has 0 spiro atoms. The number of hydrogen-bond donors (Lipinski definition) is 0. The molecule has 1 aliphatic rings. The van der Waals surface area contributed by atoms with Crippen LogP contribution in [0.5, 0.6) is 0 Å². The smallest absolute Gasteiger partial charge is 0.350 e. The molecule has 1 heterocycles. The molecule has 186 valence electrons. The maximum absolute atomic E-state index is 14.0. The first kappa shape index (κ1) is 29.1. The second-order valence-electron chi connectivity index (χ2n) is 12.1. The van der Waals surface area contributed by atoms with Gasteiger partial charge >= 0.3 is 7.60 Å². The van der Waals surface area contributed by atoms with Gasteiger partial charge in [-0.1, -0.05) is 41.5 Å². The summed E-state index contributed by atoms with van der Waals surface area (Å²) in [4.78, 5) is 6.69. The van der Waals surface area contributed by atoms with Crippen LogP contribution >= 0.6 is 7.60 Å². The highest BCUT2D eigenvalue weighted by Gasteiger charge is 2.52. The van der Waals surface area contributed by atoms with Crippen LogP contribution in [0.1, 0.15) is 89.5 Å². The van der Waals surface area contributed by atoms with Crippen LogP contribution in [0.25, 0.3) is 0 Å². The molecule has 0 aromatic carbocycles. The lowest BCUT2D eigenvalue weighted by Gasteiger charge is -2.49. The van der Waals surface area contributed by atoms with Crippen molar-refractivity contribution in [2.24, 2.45) is 22.7 Å². The molecule has 4 unspecified atom stereocenters. The Kier molecular flexibility index (Phi) is 10.3. The molecule has 6 nitrogen and oxygen atoms in total. The molecule has 0 radical (unpaired) electrons. The van der Waals surface area contributed by atoms with Gasteiger partial charge in [0.2, 0.25) is 0 Å². The Labute approximate surface area is 192 Å². The van der Waals surface area contributed by atoms with Gasteiger partial charge in [0.1, 0.15) is 5.78 Å². The third-order valence-electron chi connectivity index (χ3n) is 5.58. The summed E-state index contributed by atoms with van der Waals surface area (Å²) in [6.07, 6.45) is 0.996. The SMILES string of the molecule is CCOP(=O)(OCC)C(N(OC(C)C1COCC1CC(C)(C)C)C(C)(C)C)C(C)(C)C. The lowest BCUT2D eigenvalue weighted by atomic mass is 9.78. The molecule has 4 atom stereocenters. The average Bonchev–Trinajstić information content (AvgIpc) is 2.98. The van der Waals surface area contributed by atoms with Gasteiger partial charge in [-0.05, 0) is 64.7 Å². The Morgan fingerprint density at radius 2 is 1.48 bits per heavy atom. The Morgan fingerprint density at radius 3 is 1.87 bits per heavy atom. The molecule has 31 heavy (non-hydrogen) atoms. The van der Waals surface area contributed by atoms with Gasteiger partial charge in [-0.2, -0.15) is 5.06 Å². The fourth-order valence-corrected chi connectivity index (χ4v) is 7.15. The molecule has 0 saturated carbocycles. The van der Waals surface area contributed by atoms with E-state index < -0.39 is 24.3 Å². The van der Waals surface area contributed by atoms with Crippen molar-refractivity contribution >= 4 is 7.60 Å². The van der Waals surface area contributed by atoms with E-state index in [0.717, 1.165) is 13.0 Å². The first-order valence-electron chi connectivity index (χ1n) is 11.9. The summed E-state index contributed by atoms with van der Waals surface area (Å²) in [6.45, 7) is 27.2. The van der Waals surface area contributed by atoms with E-state index in [9.17, 15) is 4.57 Å². The van der Waals surface area contributed by atoms with Crippen LogP contribution in [-0.4, -0.2) is 48.9 Å². The van der Waals surface area contributed by atoms with Gasteiger partial charge < -0.3 is 13.8 Å². The van der Waals surface area contributed by atoms with Gasteiger partial charge in [-0.15, -0.1) is 0 Å². The third kappa shape index (κ3) is 8.39. The first-order chi connectivity index (χ1) is 14.0. The third-order valence-corrected chi connectivity index (χ3v) is 8.40. The lowest BCUT2D eigenvalue weighted by molar-refractivity contribution is -0.273. The van der Waals surface area contributed by atoms with Crippen molar-refractivity contribution in [2.45, 2.75) is 107 Å². The second-order valence-corrected chi connectivity index (χ2v) is 14.2. The van der Waals surface area contributed by atoms with Crippen molar-refractivity contribution in [3.05, 3.63) is 0 Å². The van der Waals surface area contributed by atoms with Crippen LogP contribution in [0.2, 0.25) is 0 Å². The van der Waals surface area contributed by atoms with Crippen molar-refractivity contribution in [1.82, 2.24) is 5.06 Å². The molecule has 7 heteroatoms. The molecule has 0 bridgehead atoms. The summed E-state index contributed by atoms with van der Waals surface area (Å²) in [6, 6.07) is 0. The predicted molar refractivity (Wildman–Crippen MR) is 128 cm³/mol. The molecule has 1 saturated heterocycles. The lowest BCUT2D eigenvalue weighted by Crippen LogP contribution is -2.55. The number of nitrogens with zero attached hydrogens (tertiary/aromatic N) is 1. The van der Waals surface area contributed by atoms with Crippen molar-refractivity contribution < 1.29 is 23.2 Å². The van der Waals surface area contributed by atoms with E-state index in [1.165, 1.54) is 0 Å². The minimum atomic E-state index is -3.47. The van der Waals surface area contributed by atoms with Gasteiger partial charge in [-0.25, -0.2) is 0 Å². The number of ether oxygens (including phenoxy) is 1. The molecular formula is C24H50NO5P. The summed E-state index contributed by atoms with van der Waals surface area (Å²) < 4.78 is 31.5. The zero-order valence-electron chi connectivity index (χ0n) is 22.3. The fourth-order valence-electron chi connectivity index (χ4n) is 4.46. The number of rotatable bonds is 10. The van der Waals surface area contributed by atoms with Crippen LogP contribution in [-0.2, 0) is 23.2 Å². The normalized spacial score (nSPS) is 23.4. The van der Waals surface area contributed by atoms with Crippen molar-refractivity contribution in [2.75, 3.05) is 26.4 Å². The Morgan fingerprint density at radius 1 is 0.968 bits per heavy atom. The highest BCUT2D eigenvalue weighted by atomic mass is 31.2. The molecular weight excluding hydrogens is 413 g/mol. The van der Waals surface area contributed by atoms with E-state index in [0.29, 0.717) is 25.7 Å². The van der Waals surface area contributed by atoms with E-state index >= 15 is 0 Å². The first-order valence-corrected chi connectivity index (χ1v) is 13.5. The van der Waals surface area contributed by atoms with E-state index in [-0.39, 0.29) is 17.4 Å². The topological polar surface area (TPSA) is 57.2 Å². The van der Waals surface area contributed by atoms with Crippen LogP contribution in [0, 0.1) is 22.7 Å². The Hall–Kier alpha value is 0.0300. The van der Waals surface area contributed by atoms with Crippen LogP contribution in [0.4, 0.5) is 0 Å². The molecule has 0 amide bonds. The summed E-state index contributed by atoms with van der Waals surface area (Å²) >= 11 is 0. The fraction of sp³-hybridized carbons (Fsp3) is 1.00. The maximum atomic E-state index is 14.0. The van der Waals surface area contributed by atoms with Gasteiger partial charge in [0.25, 0.3) is 0 Å². The predicted octanol–water partition coefficient (Wildman–Crippen LogP) is 6.74. The summed E-state index contributed by atoms with van der Waals surface area (Å²) in [5.74, 6) is 0.171. The van der Waals surface area contributed by atoms with E-state index in [1.807, 2.05) is 18.9 Å².